The summed E-state index contributed by atoms with van der Waals surface area (Å²) < 4.78 is 40.5. The first kappa shape index (κ1) is 15.1. The molecule has 0 amide bonds. The minimum absolute atomic E-state index is 0.203. The average Bonchev–Trinajstić information content (AvgIpc) is 2.41. The number of piperazine rings is 1. The van der Waals surface area contributed by atoms with E-state index < -0.39 is 17.5 Å². The lowest BCUT2D eigenvalue weighted by molar-refractivity contribution is 0.168. The van der Waals surface area contributed by atoms with Crippen molar-refractivity contribution in [1.29, 1.82) is 0 Å². The van der Waals surface area contributed by atoms with E-state index in [9.17, 15) is 13.2 Å². The lowest BCUT2D eigenvalue weighted by Gasteiger charge is -2.35. The SMILES string of the molecule is C=C(C)C[C@@H](c1cc(F)c(F)cc1F)N1CCNCC1. The molecule has 1 aliphatic rings. The highest BCUT2D eigenvalue weighted by Crippen LogP contribution is 2.30. The van der Waals surface area contributed by atoms with E-state index in [1.54, 1.807) is 0 Å². The Morgan fingerprint density at radius 3 is 2.40 bits per heavy atom. The van der Waals surface area contributed by atoms with E-state index in [0.717, 1.165) is 37.8 Å². The van der Waals surface area contributed by atoms with Crippen LogP contribution in [-0.2, 0) is 0 Å². The molecule has 0 unspecified atom stereocenters. The summed E-state index contributed by atoms with van der Waals surface area (Å²) in [7, 11) is 0. The first-order chi connectivity index (χ1) is 9.49. The zero-order valence-corrected chi connectivity index (χ0v) is 11.6. The Labute approximate surface area is 117 Å². The molecule has 1 fully saturated rings. The predicted octanol–water partition coefficient (Wildman–Crippen LogP) is 3.02. The third-order valence-electron chi connectivity index (χ3n) is 3.53. The van der Waals surface area contributed by atoms with Crippen LogP contribution in [-0.4, -0.2) is 31.1 Å². The summed E-state index contributed by atoms with van der Waals surface area (Å²) in [6.07, 6.45) is 0.530. The van der Waals surface area contributed by atoms with Crippen LogP contribution in [0.5, 0.6) is 0 Å². The molecule has 0 aliphatic carbocycles. The van der Waals surface area contributed by atoms with Gasteiger partial charge in [-0.05, 0) is 19.4 Å². The molecule has 5 heteroatoms. The first-order valence-electron chi connectivity index (χ1n) is 6.72. The Hall–Kier alpha value is -1.33. The standard InChI is InChI=1S/C15H19F3N2/c1-10(2)7-15(20-5-3-19-4-6-20)11-8-13(17)14(18)9-12(11)16/h8-9,15,19H,1,3-7H2,2H3/t15-/m0/s1. The van der Waals surface area contributed by atoms with Crippen molar-refractivity contribution in [3.05, 3.63) is 47.3 Å². The van der Waals surface area contributed by atoms with Crippen molar-refractivity contribution in [2.45, 2.75) is 19.4 Å². The van der Waals surface area contributed by atoms with E-state index in [2.05, 4.69) is 16.8 Å². The second kappa shape index (κ2) is 6.41. The van der Waals surface area contributed by atoms with Gasteiger partial charge < -0.3 is 5.32 Å². The van der Waals surface area contributed by atoms with Crippen LogP contribution in [0.15, 0.2) is 24.3 Å². The molecule has 1 heterocycles. The molecule has 1 aliphatic heterocycles. The van der Waals surface area contributed by atoms with Crippen LogP contribution >= 0.6 is 0 Å². The second-order valence-electron chi connectivity index (χ2n) is 5.25. The molecular formula is C15H19F3N2. The van der Waals surface area contributed by atoms with Crippen molar-refractivity contribution in [2.24, 2.45) is 0 Å². The number of benzene rings is 1. The van der Waals surface area contributed by atoms with Gasteiger partial charge in [-0.2, -0.15) is 0 Å². The van der Waals surface area contributed by atoms with E-state index in [1.165, 1.54) is 0 Å². The fourth-order valence-electron chi connectivity index (χ4n) is 2.55. The molecule has 1 aromatic rings. The van der Waals surface area contributed by atoms with Gasteiger partial charge in [0.1, 0.15) is 5.82 Å². The van der Waals surface area contributed by atoms with E-state index in [4.69, 9.17) is 0 Å². The largest absolute Gasteiger partial charge is 0.314 e. The fourth-order valence-corrected chi connectivity index (χ4v) is 2.55. The van der Waals surface area contributed by atoms with Gasteiger partial charge in [-0.1, -0.05) is 5.57 Å². The third kappa shape index (κ3) is 3.41. The van der Waals surface area contributed by atoms with Crippen LogP contribution in [0.4, 0.5) is 13.2 Å². The van der Waals surface area contributed by atoms with Crippen molar-refractivity contribution in [3.63, 3.8) is 0 Å². The average molecular weight is 284 g/mol. The molecule has 2 nitrogen and oxygen atoms in total. The molecule has 2 rings (SSSR count). The molecule has 0 bridgehead atoms. The molecule has 1 atom stereocenters. The van der Waals surface area contributed by atoms with Gasteiger partial charge in [0.2, 0.25) is 0 Å². The number of nitrogens with one attached hydrogen (secondary N) is 1. The third-order valence-corrected chi connectivity index (χ3v) is 3.53. The van der Waals surface area contributed by atoms with E-state index in [1.807, 2.05) is 6.92 Å². The first-order valence-corrected chi connectivity index (χ1v) is 6.72. The van der Waals surface area contributed by atoms with Crippen LogP contribution in [0.1, 0.15) is 24.9 Å². The van der Waals surface area contributed by atoms with E-state index in [-0.39, 0.29) is 11.6 Å². The van der Waals surface area contributed by atoms with Gasteiger partial charge in [0.15, 0.2) is 11.6 Å². The van der Waals surface area contributed by atoms with Gasteiger partial charge in [-0.15, -0.1) is 6.58 Å². The van der Waals surface area contributed by atoms with Gasteiger partial charge in [0.05, 0.1) is 0 Å². The summed E-state index contributed by atoms with van der Waals surface area (Å²) in [5.41, 5.74) is 1.09. The monoisotopic (exact) mass is 284 g/mol. The van der Waals surface area contributed by atoms with Gasteiger partial charge in [-0.25, -0.2) is 13.2 Å². The van der Waals surface area contributed by atoms with Crippen LogP contribution < -0.4 is 5.32 Å². The normalized spacial score (nSPS) is 18.0. The molecule has 1 saturated heterocycles. The van der Waals surface area contributed by atoms with E-state index >= 15 is 0 Å². The number of hydrogen-bond acceptors (Lipinski definition) is 2. The number of rotatable bonds is 4. The molecule has 0 aromatic heterocycles. The quantitative estimate of drug-likeness (QED) is 0.675. The van der Waals surface area contributed by atoms with E-state index in [0.29, 0.717) is 12.5 Å². The summed E-state index contributed by atoms with van der Waals surface area (Å²) in [5.74, 6) is -2.86. The lowest BCUT2D eigenvalue weighted by Crippen LogP contribution is -2.45. The molecule has 0 spiro atoms. The van der Waals surface area contributed by atoms with Crippen molar-refractivity contribution in [3.8, 4) is 0 Å². The highest BCUT2D eigenvalue weighted by atomic mass is 19.2. The van der Waals surface area contributed by atoms with Crippen molar-refractivity contribution >= 4 is 0 Å². The Bertz CT molecular complexity index is 496. The Morgan fingerprint density at radius 2 is 1.80 bits per heavy atom. The van der Waals surface area contributed by atoms with Gasteiger partial charge in [0, 0.05) is 43.9 Å². The summed E-state index contributed by atoms with van der Waals surface area (Å²) in [6, 6.07) is 1.29. The predicted molar refractivity (Wildman–Crippen MR) is 72.9 cm³/mol. The smallest absolute Gasteiger partial charge is 0.161 e. The van der Waals surface area contributed by atoms with Crippen LogP contribution in [0.2, 0.25) is 0 Å². The van der Waals surface area contributed by atoms with Crippen molar-refractivity contribution in [1.82, 2.24) is 10.2 Å². The summed E-state index contributed by atoms with van der Waals surface area (Å²) in [6.45, 7) is 8.81. The summed E-state index contributed by atoms with van der Waals surface area (Å²) in [4.78, 5) is 2.08. The van der Waals surface area contributed by atoms with Crippen molar-refractivity contribution in [2.75, 3.05) is 26.2 Å². The van der Waals surface area contributed by atoms with Gasteiger partial charge in [0.25, 0.3) is 0 Å². The molecule has 1 aromatic carbocycles. The van der Waals surface area contributed by atoms with Gasteiger partial charge in [-0.3, -0.25) is 4.90 Å². The van der Waals surface area contributed by atoms with Crippen LogP contribution in [0, 0.1) is 17.5 Å². The maximum Gasteiger partial charge on any atom is 0.161 e. The summed E-state index contributed by atoms with van der Waals surface area (Å²) >= 11 is 0. The molecule has 110 valence electrons. The zero-order valence-electron chi connectivity index (χ0n) is 11.6. The van der Waals surface area contributed by atoms with Crippen molar-refractivity contribution < 1.29 is 13.2 Å². The second-order valence-corrected chi connectivity index (χ2v) is 5.25. The van der Waals surface area contributed by atoms with Gasteiger partial charge >= 0.3 is 0 Å². The fraction of sp³-hybridized carbons (Fsp3) is 0.467. The molecular weight excluding hydrogens is 265 g/mol. The molecule has 0 saturated carbocycles. The number of nitrogens with zero attached hydrogens (tertiary/aromatic N) is 1. The summed E-state index contributed by atoms with van der Waals surface area (Å²) in [5, 5.41) is 3.22. The van der Waals surface area contributed by atoms with Crippen LogP contribution in [0.3, 0.4) is 0 Å². The maximum absolute atomic E-state index is 14.0. The minimum Gasteiger partial charge on any atom is -0.314 e. The topological polar surface area (TPSA) is 15.3 Å². The minimum atomic E-state index is -1.15. The Balaban J connectivity index is 2.34. The molecule has 20 heavy (non-hydrogen) atoms. The zero-order chi connectivity index (χ0) is 14.7. The Kier molecular flexibility index (Phi) is 4.83. The highest BCUT2D eigenvalue weighted by Gasteiger charge is 2.26. The lowest BCUT2D eigenvalue weighted by atomic mass is 9.97. The number of hydrogen-bond donors (Lipinski definition) is 1. The Morgan fingerprint density at radius 1 is 1.20 bits per heavy atom. The molecule has 0 radical (unpaired) electrons. The number of halogens is 3. The van der Waals surface area contributed by atoms with Crippen LogP contribution in [0.25, 0.3) is 0 Å². The maximum atomic E-state index is 14.0. The molecule has 1 N–H and O–H groups in total. The highest BCUT2D eigenvalue weighted by molar-refractivity contribution is 5.25.